The first-order valence-electron chi connectivity index (χ1n) is 18.0. The monoisotopic (exact) mass is 672 g/mol. The van der Waals surface area contributed by atoms with Gasteiger partial charge in [-0.05, 0) is 96.4 Å². The largest absolute Gasteiger partial charge is 0.309 e. The minimum absolute atomic E-state index is 0.615. The highest BCUT2D eigenvalue weighted by molar-refractivity contribution is 6.21. The summed E-state index contributed by atoms with van der Waals surface area (Å²) in [5.41, 5.74) is 13.2. The third kappa shape index (κ3) is 4.94. The molecule has 0 aliphatic carbocycles. The van der Waals surface area contributed by atoms with Gasteiger partial charge in [0.25, 0.3) is 0 Å². The molecule has 53 heavy (non-hydrogen) atoms. The molecular weight excluding hydrogens is 641 g/mol. The van der Waals surface area contributed by atoms with Crippen molar-refractivity contribution in [3.8, 4) is 50.2 Å². The number of hydrogen-bond acceptors (Lipinski definition) is 0. The molecule has 0 unspecified atom stereocenters. The lowest BCUT2D eigenvalue weighted by molar-refractivity contribution is 1.18. The van der Waals surface area contributed by atoms with Crippen molar-refractivity contribution in [1.29, 1.82) is 0 Å². The standard InChI is InChI=1S/C51H32N2/c1-52-37-30-31-49(53-47-28-13-11-22-40(47)41-23-12-14-29-48(41)53)46(33-37)39-21-6-5-20-38(39)35-18-15-19-36(32-35)51-44-26-9-7-24-42(44)50(34-16-3-2-4-17-34)43-25-8-10-27-45(43)51/h2-33H. The van der Waals surface area contributed by atoms with E-state index in [1.807, 2.05) is 6.07 Å². The van der Waals surface area contributed by atoms with Crippen LogP contribution in [-0.2, 0) is 0 Å². The summed E-state index contributed by atoms with van der Waals surface area (Å²) in [4.78, 5) is 3.89. The Balaban J connectivity index is 1.21. The third-order valence-electron chi connectivity index (χ3n) is 10.6. The van der Waals surface area contributed by atoms with Crippen molar-refractivity contribution in [3.05, 3.63) is 206 Å². The van der Waals surface area contributed by atoms with Gasteiger partial charge in [-0.3, -0.25) is 0 Å². The van der Waals surface area contributed by atoms with Gasteiger partial charge in [-0.25, -0.2) is 4.85 Å². The molecule has 0 radical (unpaired) electrons. The van der Waals surface area contributed by atoms with Crippen LogP contribution >= 0.6 is 0 Å². The number of aromatic nitrogens is 1. The average molecular weight is 673 g/mol. The van der Waals surface area contributed by atoms with Gasteiger partial charge in [0.2, 0.25) is 0 Å². The Morgan fingerprint density at radius 1 is 0.340 bits per heavy atom. The first-order chi connectivity index (χ1) is 26.3. The van der Waals surface area contributed by atoms with E-state index in [9.17, 15) is 0 Å². The quantitative estimate of drug-likeness (QED) is 0.127. The minimum Gasteiger partial charge on any atom is -0.309 e. The van der Waals surface area contributed by atoms with Crippen LogP contribution in [0.5, 0.6) is 0 Å². The second-order valence-electron chi connectivity index (χ2n) is 13.5. The van der Waals surface area contributed by atoms with Crippen molar-refractivity contribution >= 4 is 49.0 Å². The van der Waals surface area contributed by atoms with Crippen LogP contribution in [0.15, 0.2) is 194 Å². The van der Waals surface area contributed by atoms with Crippen LogP contribution in [0.25, 0.3) is 98.4 Å². The van der Waals surface area contributed by atoms with Crippen molar-refractivity contribution in [2.24, 2.45) is 0 Å². The van der Waals surface area contributed by atoms with E-state index in [-0.39, 0.29) is 0 Å². The smallest absolute Gasteiger partial charge is 0.188 e. The first-order valence-corrected chi connectivity index (χ1v) is 18.0. The van der Waals surface area contributed by atoms with Crippen LogP contribution in [0.1, 0.15) is 0 Å². The lowest BCUT2D eigenvalue weighted by Gasteiger charge is -2.19. The van der Waals surface area contributed by atoms with Crippen molar-refractivity contribution < 1.29 is 0 Å². The molecule has 9 aromatic carbocycles. The molecule has 0 N–H and O–H groups in total. The normalized spacial score (nSPS) is 11.4. The molecule has 0 saturated carbocycles. The van der Waals surface area contributed by atoms with E-state index in [0.717, 1.165) is 39.0 Å². The van der Waals surface area contributed by atoms with Crippen molar-refractivity contribution in [1.82, 2.24) is 4.57 Å². The topological polar surface area (TPSA) is 9.29 Å². The first kappa shape index (κ1) is 30.6. The molecule has 0 bridgehead atoms. The van der Waals surface area contributed by atoms with Gasteiger partial charge in [0.1, 0.15) is 0 Å². The van der Waals surface area contributed by atoms with E-state index in [4.69, 9.17) is 6.57 Å². The SMILES string of the molecule is [C-]#[N+]c1ccc(-n2c3ccccc3c3ccccc32)c(-c2ccccc2-c2cccc(-c3c4ccccc4c(-c4ccccc4)c4ccccc34)c2)c1. The molecular formula is C51H32N2. The number of para-hydroxylation sites is 2. The van der Waals surface area contributed by atoms with Gasteiger partial charge in [-0.2, -0.15) is 0 Å². The predicted molar refractivity (Wildman–Crippen MR) is 224 cm³/mol. The Bertz CT molecular complexity index is 2960. The summed E-state index contributed by atoms with van der Waals surface area (Å²) in [7, 11) is 0. The van der Waals surface area contributed by atoms with Gasteiger partial charge in [-0.15, -0.1) is 0 Å². The van der Waals surface area contributed by atoms with Crippen molar-refractivity contribution in [3.63, 3.8) is 0 Å². The Morgan fingerprint density at radius 2 is 0.811 bits per heavy atom. The lowest BCUT2D eigenvalue weighted by atomic mass is 9.85. The summed E-state index contributed by atoms with van der Waals surface area (Å²) in [6.45, 7) is 7.97. The zero-order chi connectivity index (χ0) is 35.3. The summed E-state index contributed by atoms with van der Waals surface area (Å²) in [5.74, 6) is 0. The van der Waals surface area contributed by atoms with Gasteiger partial charge in [0, 0.05) is 10.8 Å². The van der Waals surface area contributed by atoms with Crippen LogP contribution in [0.4, 0.5) is 5.69 Å². The van der Waals surface area contributed by atoms with Crippen molar-refractivity contribution in [2.75, 3.05) is 0 Å². The van der Waals surface area contributed by atoms with E-state index >= 15 is 0 Å². The van der Waals surface area contributed by atoms with E-state index in [1.165, 1.54) is 54.6 Å². The van der Waals surface area contributed by atoms with Gasteiger partial charge >= 0.3 is 0 Å². The maximum absolute atomic E-state index is 7.97. The zero-order valence-corrected chi connectivity index (χ0v) is 28.9. The summed E-state index contributed by atoms with van der Waals surface area (Å²) < 4.78 is 2.35. The molecule has 1 aromatic heterocycles. The second kappa shape index (κ2) is 12.5. The number of nitrogens with zero attached hydrogens (tertiary/aromatic N) is 2. The molecule has 0 spiro atoms. The van der Waals surface area contributed by atoms with Gasteiger partial charge in [-0.1, -0.05) is 164 Å². The third-order valence-corrected chi connectivity index (χ3v) is 10.6. The lowest BCUT2D eigenvalue weighted by Crippen LogP contribution is -1.98. The molecule has 0 atom stereocenters. The van der Waals surface area contributed by atoms with Gasteiger partial charge in [0.05, 0.1) is 23.3 Å². The van der Waals surface area contributed by atoms with Crippen molar-refractivity contribution in [2.45, 2.75) is 0 Å². The average Bonchev–Trinajstić information content (AvgIpc) is 3.57. The van der Waals surface area contributed by atoms with E-state index in [2.05, 4.69) is 197 Å². The molecule has 0 aliphatic rings. The number of rotatable bonds is 5. The molecule has 2 heteroatoms. The van der Waals surface area contributed by atoms with Crippen LogP contribution in [0, 0.1) is 6.57 Å². The molecule has 0 aliphatic heterocycles. The number of hydrogen-bond donors (Lipinski definition) is 0. The molecule has 246 valence electrons. The summed E-state index contributed by atoms with van der Waals surface area (Å²) in [6, 6.07) is 69.2. The molecule has 0 saturated heterocycles. The van der Waals surface area contributed by atoms with E-state index in [1.54, 1.807) is 0 Å². The van der Waals surface area contributed by atoms with Crippen LogP contribution < -0.4 is 0 Å². The number of fused-ring (bicyclic) bond motifs is 5. The molecule has 0 fully saturated rings. The van der Waals surface area contributed by atoms with Gasteiger partial charge in [0.15, 0.2) is 5.69 Å². The molecule has 10 aromatic rings. The Labute approximate surface area is 308 Å². The zero-order valence-electron chi connectivity index (χ0n) is 28.9. The molecule has 10 rings (SSSR count). The molecule has 0 amide bonds. The highest BCUT2D eigenvalue weighted by Crippen LogP contribution is 2.46. The Hall–Kier alpha value is -7.21. The minimum atomic E-state index is 0.615. The fraction of sp³-hybridized carbons (Fsp3) is 0. The highest BCUT2D eigenvalue weighted by atomic mass is 15.0. The number of benzene rings is 9. The summed E-state index contributed by atoms with van der Waals surface area (Å²) >= 11 is 0. The molecule has 1 heterocycles. The predicted octanol–water partition coefficient (Wildman–Crippen LogP) is 14.3. The Kier molecular flexibility index (Phi) is 7.23. The van der Waals surface area contributed by atoms with Crippen LogP contribution in [-0.4, -0.2) is 4.57 Å². The summed E-state index contributed by atoms with van der Waals surface area (Å²) in [5, 5.41) is 7.36. The second-order valence-corrected chi connectivity index (χ2v) is 13.5. The van der Waals surface area contributed by atoms with E-state index < -0.39 is 0 Å². The Morgan fingerprint density at radius 3 is 1.42 bits per heavy atom. The maximum atomic E-state index is 7.97. The summed E-state index contributed by atoms with van der Waals surface area (Å²) in [6.07, 6.45) is 0. The fourth-order valence-electron chi connectivity index (χ4n) is 8.35. The fourth-order valence-corrected chi connectivity index (χ4v) is 8.35. The van der Waals surface area contributed by atoms with E-state index in [0.29, 0.717) is 5.69 Å². The molecule has 2 nitrogen and oxygen atoms in total. The van der Waals surface area contributed by atoms with Gasteiger partial charge < -0.3 is 4.57 Å². The van der Waals surface area contributed by atoms with Crippen LogP contribution in [0.2, 0.25) is 0 Å². The van der Waals surface area contributed by atoms with Crippen LogP contribution in [0.3, 0.4) is 0 Å². The highest BCUT2D eigenvalue weighted by Gasteiger charge is 2.20. The maximum Gasteiger partial charge on any atom is 0.188 e.